The Bertz CT molecular complexity index is 737. The molecule has 4 N–H and O–H groups in total. The SMILES string of the molecule is CC(C)(C)[Si](O[C@@H]1O[C@@H](CO)[C@H](O)[C@@H](O)[C@@H]1O)(c1ccccc1)c1ccccc1. The fraction of sp³-hybridized carbons (Fsp3) is 0.455. The van der Waals surface area contributed by atoms with E-state index in [1.165, 1.54) is 0 Å². The molecule has 0 bridgehead atoms. The first-order valence-electron chi connectivity index (χ1n) is 9.82. The second-order valence-electron chi connectivity index (χ2n) is 8.48. The molecule has 5 atom stereocenters. The van der Waals surface area contributed by atoms with Gasteiger partial charge in [0, 0.05) is 0 Å². The Labute approximate surface area is 172 Å². The molecule has 7 heteroatoms. The zero-order valence-electron chi connectivity index (χ0n) is 17.0. The summed E-state index contributed by atoms with van der Waals surface area (Å²) >= 11 is 0. The zero-order chi connectivity index (χ0) is 21.2. The quantitative estimate of drug-likeness (QED) is 0.524. The van der Waals surface area contributed by atoms with Crippen LogP contribution in [0.25, 0.3) is 0 Å². The van der Waals surface area contributed by atoms with Crippen molar-refractivity contribution in [1.82, 2.24) is 0 Å². The second kappa shape index (κ2) is 8.65. The molecule has 0 radical (unpaired) electrons. The van der Waals surface area contributed by atoms with Crippen LogP contribution in [-0.2, 0) is 9.16 Å². The molecule has 6 nitrogen and oxygen atoms in total. The Hall–Kier alpha value is -1.58. The van der Waals surface area contributed by atoms with E-state index in [-0.39, 0.29) is 5.04 Å². The smallest absolute Gasteiger partial charge is 0.264 e. The molecule has 0 aliphatic carbocycles. The molecular formula is C22H30O6Si. The van der Waals surface area contributed by atoms with Crippen LogP contribution in [0.5, 0.6) is 0 Å². The predicted molar refractivity (Wildman–Crippen MR) is 112 cm³/mol. The summed E-state index contributed by atoms with van der Waals surface area (Å²) in [7, 11) is -3.03. The standard InChI is InChI=1S/C22H30O6Si/c1-22(2,3)29(15-10-6-4-7-11-15,16-12-8-5-9-13-16)28-21-20(26)19(25)18(24)17(14-23)27-21/h4-13,17-21,23-26H,14H2,1-3H3/t17-,18-,19+,20-,21-/m0/s1. The highest BCUT2D eigenvalue weighted by atomic mass is 28.4. The molecular weight excluding hydrogens is 388 g/mol. The van der Waals surface area contributed by atoms with Gasteiger partial charge in [0.1, 0.15) is 24.4 Å². The van der Waals surface area contributed by atoms with Crippen molar-refractivity contribution in [2.45, 2.75) is 56.5 Å². The number of hydrogen-bond acceptors (Lipinski definition) is 6. The summed E-state index contributed by atoms with van der Waals surface area (Å²) in [6.45, 7) is 5.77. The van der Waals surface area contributed by atoms with Gasteiger partial charge < -0.3 is 29.6 Å². The Morgan fingerprint density at radius 2 is 1.31 bits per heavy atom. The molecule has 1 heterocycles. The topological polar surface area (TPSA) is 99.4 Å². The number of benzene rings is 2. The first-order valence-corrected chi connectivity index (χ1v) is 11.7. The van der Waals surface area contributed by atoms with E-state index in [1.54, 1.807) is 0 Å². The van der Waals surface area contributed by atoms with Crippen LogP contribution in [-0.4, -0.2) is 66.1 Å². The van der Waals surface area contributed by atoms with E-state index < -0.39 is 45.6 Å². The third-order valence-electron chi connectivity index (χ3n) is 5.56. The summed E-state index contributed by atoms with van der Waals surface area (Å²) in [5.41, 5.74) is 0. The lowest BCUT2D eigenvalue weighted by Gasteiger charge is -2.48. The molecule has 158 valence electrons. The molecule has 1 fully saturated rings. The number of ether oxygens (including phenoxy) is 1. The van der Waals surface area contributed by atoms with E-state index >= 15 is 0 Å². The van der Waals surface area contributed by atoms with Gasteiger partial charge in [0.25, 0.3) is 8.32 Å². The maximum atomic E-state index is 10.6. The normalized spacial score (nSPS) is 28.3. The Morgan fingerprint density at radius 3 is 1.72 bits per heavy atom. The molecule has 0 unspecified atom stereocenters. The van der Waals surface area contributed by atoms with Crippen molar-refractivity contribution < 1.29 is 29.6 Å². The lowest BCUT2D eigenvalue weighted by molar-refractivity contribution is -0.280. The summed E-state index contributed by atoms with van der Waals surface area (Å²) in [5.74, 6) is 0. The minimum atomic E-state index is -3.03. The average molecular weight is 419 g/mol. The zero-order valence-corrected chi connectivity index (χ0v) is 18.0. The predicted octanol–water partition coefficient (Wildman–Crippen LogP) is 0.363. The van der Waals surface area contributed by atoms with Crippen molar-refractivity contribution in [1.29, 1.82) is 0 Å². The summed E-state index contributed by atoms with van der Waals surface area (Å²) < 4.78 is 12.4. The highest BCUT2D eigenvalue weighted by Gasteiger charge is 2.55. The monoisotopic (exact) mass is 418 g/mol. The Morgan fingerprint density at radius 1 is 0.828 bits per heavy atom. The van der Waals surface area contributed by atoms with Gasteiger partial charge >= 0.3 is 0 Å². The molecule has 1 aliphatic heterocycles. The fourth-order valence-electron chi connectivity index (χ4n) is 4.03. The Kier molecular flexibility index (Phi) is 6.60. The lowest BCUT2D eigenvalue weighted by Crippen LogP contribution is -2.71. The first-order chi connectivity index (χ1) is 13.7. The molecule has 2 aromatic carbocycles. The minimum absolute atomic E-state index is 0.353. The number of hydrogen-bond donors (Lipinski definition) is 4. The second-order valence-corrected chi connectivity index (χ2v) is 12.7. The van der Waals surface area contributed by atoms with Gasteiger partial charge in [-0.3, -0.25) is 0 Å². The van der Waals surface area contributed by atoms with E-state index in [0.29, 0.717) is 0 Å². The van der Waals surface area contributed by atoms with Gasteiger partial charge in [0.15, 0.2) is 6.29 Å². The molecule has 29 heavy (non-hydrogen) atoms. The highest BCUT2D eigenvalue weighted by Crippen LogP contribution is 2.39. The molecule has 2 aromatic rings. The van der Waals surface area contributed by atoms with Crippen LogP contribution in [0.1, 0.15) is 20.8 Å². The molecule has 0 saturated carbocycles. The average Bonchev–Trinajstić information content (AvgIpc) is 2.72. The lowest BCUT2D eigenvalue weighted by atomic mass is 10.00. The van der Waals surface area contributed by atoms with Crippen molar-refractivity contribution in [3.63, 3.8) is 0 Å². The van der Waals surface area contributed by atoms with Gasteiger partial charge in [-0.1, -0.05) is 81.4 Å². The number of rotatable bonds is 5. The van der Waals surface area contributed by atoms with E-state index in [2.05, 4.69) is 20.8 Å². The van der Waals surface area contributed by atoms with Gasteiger partial charge in [-0.05, 0) is 15.4 Å². The van der Waals surface area contributed by atoms with Gasteiger partial charge in [0.2, 0.25) is 0 Å². The van der Waals surface area contributed by atoms with Gasteiger partial charge in [-0.15, -0.1) is 0 Å². The van der Waals surface area contributed by atoms with Crippen LogP contribution in [0.2, 0.25) is 5.04 Å². The van der Waals surface area contributed by atoms with E-state index in [1.807, 2.05) is 60.7 Å². The maximum absolute atomic E-state index is 10.6. The first kappa shape index (κ1) is 22.1. The van der Waals surface area contributed by atoms with Gasteiger partial charge in [0.05, 0.1) is 6.61 Å². The van der Waals surface area contributed by atoms with Gasteiger partial charge in [-0.25, -0.2) is 0 Å². The third-order valence-corrected chi connectivity index (χ3v) is 10.5. The molecule has 3 rings (SSSR count). The van der Waals surface area contributed by atoms with Crippen LogP contribution < -0.4 is 10.4 Å². The summed E-state index contributed by atoms with van der Waals surface area (Å²) in [5, 5.41) is 42.2. The third kappa shape index (κ3) is 4.04. The molecule has 1 saturated heterocycles. The van der Waals surface area contributed by atoms with Crippen molar-refractivity contribution in [2.75, 3.05) is 6.61 Å². The van der Waals surface area contributed by atoms with Crippen LogP contribution in [0, 0.1) is 0 Å². The summed E-state index contributed by atoms with van der Waals surface area (Å²) in [4.78, 5) is 0. The Balaban J connectivity index is 2.13. The number of aliphatic hydroxyl groups excluding tert-OH is 4. The van der Waals surface area contributed by atoms with Crippen LogP contribution in [0.15, 0.2) is 60.7 Å². The van der Waals surface area contributed by atoms with E-state index in [4.69, 9.17) is 9.16 Å². The highest BCUT2D eigenvalue weighted by molar-refractivity contribution is 6.99. The largest absolute Gasteiger partial charge is 0.394 e. The molecule has 0 aromatic heterocycles. The molecule has 0 amide bonds. The summed E-state index contributed by atoms with van der Waals surface area (Å²) in [6.07, 6.45) is -6.57. The van der Waals surface area contributed by atoms with E-state index in [0.717, 1.165) is 10.4 Å². The minimum Gasteiger partial charge on any atom is -0.394 e. The molecule has 1 aliphatic rings. The van der Waals surface area contributed by atoms with Crippen LogP contribution in [0.3, 0.4) is 0 Å². The maximum Gasteiger partial charge on any atom is 0.264 e. The van der Waals surface area contributed by atoms with Gasteiger partial charge in [-0.2, -0.15) is 0 Å². The molecule has 0 spiro atoms. The van der Waals surface area contributed by atoms with Crippen molar-refractivity contribution >= 4 is 18.7 Å². The summed E-state index contributed by atoms with van der Waals surface area (Å²) in [6, 6.07) is 19.7. The van der Waals surface area contributed by atoms with Crippen molar-refractivity contribution in [2.24, 2.45) is 0 Å². The van der Waals surface area contributed by atoms with Crippen LogP contribution in [0.4, 0.5) is 0 Å². The fourth-order valence-corrected chi connectivity index (χ4v) is 8.59. The van der Waals surface area contributed by atoms with Crippen LogP contribution >= 0.6 is 0 Å². The van der Waals surface area contributed by atoms with Crippen molar-refractivity contribution in [3.8, 4) is 0 Å². The van der Waals surface area contributed by atoms with Crippen molar-refractivity contribution in [3.05, 3.63) is 60.7 Å². The number of aliphatic hydroxyl groups is 4. The van der Waals surface area contributed by atoms with E-state index in [9.17, 15) is 20.4 Å².